The number of aromatic nitrogens is 2. The lowest BCUT2D eigenvalue weighted by atomic mass is 9.74. The Morgan fingerprint density at radius 2 is 1.05 bits per heavy atom. The fourth-order valence-corrected chi connectivity index (χ4v) is 12.0. The quantitative estimate of drug-likeness (QED) is 0.152. The molecule has 0 saturated carbocycles. The molecule has 13 rings (SSSR count). The molecule has 0 spiro atoms. The van der Waals surface area contributed by atoms with E-state index in [-0.39, 0.29) is 16.2 Å². The molecule has 2 aromatic heterocycles. The molecule has 75 heavy (non-hydrogen) atoms. The summed E-state index contributed by atoms with van der Waals surface area (Å²) in [5.74, 6) is 2.46. The molecule has 0 saturated heterocycles. The first-order valence-electron chi connectivity index (χ1n) is 26.3. The van der Waals surface area contributed by atoms with Crippen LogP contribution in [0.3, 0.4) is 0 Å². The molecule has 0 fully saturated rings. The van der Waals surface area contributed by atoms with E-state index in [0.29, 0.717) is 6.67 Å². The van der Waals surface area contributed by atoms with Gasteiger partial charge in [0.1, 0.15) is 24.0 Å². The number of pyridine rings is 1. The van der Waals surface area contributed by atoms with Crippen LogP contribution in [0.4, 0.5) is 22.7 Å². The summed E-state index contributed by atoms with van der Waals surface area (Å²) in [6.45, 7) is 16.7. The minimum Gasteiger partial charge on any atom is -0.457 e. The van der Waals surface area contributed by atoms with Gasteiger partial charge in [0.25, 0.3) is 0 Å². The Morgan fingerprint density at radius 3 is 1.69 bits per heavy atom. The van der Waals surface area contributed by atoms with Crippen LogP contribution >= 0.6 is 0 Å². The topological polar surface area (TPSA) is 33.5 Å². The second kappa shape index (κ2) is 17.5. The standard InChI is InChI=1S/C70H60N4O/c1-68(2,3)49-40-56(46-22-10-8-11-23-46)67(57(41-49)47-24-12-9-13-25-47)73-45-72(62-32-20-21-33-63(62)73)50-34-37-60(69(4,5)6)65(43-50)75-51-35-36-55-54-28-16-19-31-61(54)74(64(55)44-51)66-42-48(38-39-71-66)70(7)58-29-17-14-26-52(58)53-27-15-18-30-59(53)70/h8-44H,45H2,1-7H3. The lowest BCUT2D eigenvalue weighted by Gasteiger charge is -2.30. The van der Waals surface area contributed by atoms with E-state index in [1.807, 2.05) is 6.20 Å². The van der Waals surface area contributed by atoms with Crippen molar-refractivity contribution >= 4 is 44.6 Å². The van der Waals surface area contributed by atoms with E-state index in [4.69, 9.17) is 9.72 Å². The first-order chi connectivity index (χ1) is 36.3. The van der Waals surface area contributed by atoms with Gasteiger partial charge in [-0.15, -0.1) is 0 Å². The van der Waals surface area contributed by atoms with E-state index < -0.39 is 0 Å². The summed E-state index contributed by atoms with van der Waals surface area (Å²) in [4.78, 5) is 10.1. The summed E-state index contributed by atoms with van der Waals surface area (Å²) in [5.41, 5.74) is 19.7. The number of para-hydroxylation sites is 3. The van der Waals surface area contributed by atoms with Crippen molar-refractivity contribution in [2.75, 3.05) is 16.5 Å². The van der Waals surface area contributed by atoms with E-state index in [1.165, 1.54) is 66.7 Å². The zero-order chi connectivity index (χ0) is 51.2. The molecular formula is C70H60N4O. The van der Waals surface area contributed by atoms with Gasteiger partial charge in [-0.2, -0.15) is 0 Å². The minimum absolute atomic E-state index is 0.0661. The molecule has 2 aliphatic rings. The summed E-state index contributed by atoms with van der Waals surface area (Å²) in [6.07, 6.45) is 1.98. The summed E-state index contributed by atoms with van der Waals surface area (Å²) >= 11 is 0. The van der Waals surface area contributed by atoms with Crippen molar-refractivity contribution in [2.45, 2.75) is 64.7 Å². The van der Waals surface area contributed by atoms with E-state index in [0.717, 1.165) is 56.4 Å². The van der Waals surface area contributed by atoms with Crippen LogP contribution in [-0.4, -0.2) is 16.2 Å². The maximum absolute atomic E-state index is 7.25. The third-order valence-corrected chi connectivity index (χ3v) is 15.9. The Hall–Kier alpha value is -8.67. The lowest BCUT2D eigenvalue weighted by Crippen LogP contribution is -2.25. The number of hydrogen-bond donors (Lipinski definition) is 0. The summed E-state index contributed by atoms with van der Waals surface area (Å²) in [5, 5.41) is 2.31. The molecule has 0 radical (unpaired) electrons. The maximum Gasteiger partial charge on any atom is 0.137 e. The summed E-state index contributed by atoms with van der Waals surface area (Å²) in [6, 6.07) is 79.6. The van der Waals surface area contributed by atoms with Gasteiger partial charge in [0.15, 0.2) is 0 Å². The van der Waals surface area contributed by atoms with Crippen LogP contribution in [0.25, 0.3) is 61.0 Å². The van der Waals surface area contributed by atoms with Gasteiger partial charge >= 0.3 is 0 Å². The van der Waals surface area contributed by atoms with Gasteiger partial charge < -0.3 is 14.5 Å². The van der Waals surface area contributed by atoms with Gasteiger partial charge in [-0.1, -0.05) is 187 Å². The number of fused-ring (bicyclic) bond motifs is 7. The maximum atomic E-state index is 7.25. The number of nitrogens with zero attached hydrogens (tertiary/aromatic N) is 4. The molecule has 0 amide bonds. The number of anilines is 4. The van der Waals surface area contributed by atoms with Gasteiger partial charge in [-0.3, -0.25) is 4.57 Å². The fourth-order valence-electron chi connectivity index (χ4n) is 12.0. The summed E-state index contributed by atoms with van der Waals surface area (Å²) in [7, 11) is 0. The van der Waals surface area contributed by atoms with E-state index >= 15 is 0 Å². The Bertz CT molecular complexity index is 3900. The van der Waals surface area contributed by atoms with Crippen LogP contribution in [0.2, 0.25) is 0 Å². The Kier molecular flexibility index (Phi) is 10.8. The molecule has 0 bridgehead atoms. The van der Waals surface area contributed by atoms with Crippen LogP contribution in [0, 0.1) is 0 Å². The normalized spacial score (nSPS) is 13.8. The first-order valence-corrected chi connectivity index (χ1v) is 26.3. The van der Waals surface area contributed by atoms with Crippen molar-refractivity contribution in [3.8, 4) is 50.7 Å². The zero-order valence-corrected chi connectivity index (χ0v) is 43.8. The summed E-state index contributed by atoms with van der Waals surface area (Å²) < 4.78 is 9.57. The third kappa shape index (κ3) is 7.63. The molecule has 366 valence electrons. The predicted molar refractivity (Wildman–Crippen MR) is 313 cm³/mol. The highest BCUT2D eigenvalue weighted by atomic mass is 16.5. The van der Waals surface area contributed by atoms with E-state index in [9.17, 15) is 0 Å². The molecule has 0 unspecified atom stereocenters. The van der Waals surface area contributed by atoms with Crippen LogP contribution < -0.4 is 14.5 Å². The largest absolute Gasteiger partial charge is 0.457 e. The number of hydrogen-bond acceptors (Lipinski definition) is 4. The lowest BCUT2D eigenvalue weighted by molar-refractivity contribution is 0.456. The molecular weight excluding hydrogens is 913 g/mol. The van der Waals surface area contributed by atoms with E-state index in [2.05, 4.69) is 281 Å². The SMILES string of the molecule is CC(C)(C)c1cc(-c2ccccc2)c(N2CN(c3ccc(C(C)(C)C)c(Oc4ccc5c6ccccc6n(-c6cc(C7(C)c8ccccc8-c8ccccc87)ccn6)c5c4)c3)c3ccccc32)c(-c2ccccc2)c1. The zero-order valence-electron chi connectivity index (χ0n) is 43.8. The molecule has 1 aliphatic heterocycles. The van der Waals surface area contributed by atoms with Gasteiger partial charge in [-0.25, -0.2) is 4.98 Å². The van der Waals surface area contributed by atoms with Gasteiger partial charge in [-0.05, 0) is 123 Å². The van der Waals surface area contributed by atoms with Crippen molar-refractivity contribution < 1.29 is 4.74 Å². The van der Waals surface area contributed by atoms with Crippen molar-refractivity contribution in [1.82, 2.24) is 9.55 Å². The average molecular weight is 973 g/mol. The Balaban J connectivity index is 0.921. The Labute approximate surface area is 441 Å². The minimum atomic E-state index is -0.357. The average Bonchev–Trinajstić information content (AvgIpc) is 4.09. The fraction of sp³-hybridized carbons (Fsp3) is 0.157. The van der Waals surface area contributed by atoms with Gasteiger partial charge in [0.05, 0.1) is 28.1 Å². The van der Waals surface area contributed by atoms with Crippen LogP contribution in [0.5, 0.6) is 11.5 Å². The molecule has 5 nitrogen and oxygen atoms in total. The molecule has 5 heteroatoms. The van der Waals surface area contributed by atoms with E-state index in [1.54, 1.807) is 0 Å². The van der Waals surface area contributed by atoms with Gasteiger partial charge in [0.2, 0.25) is 0 Å². The number of rotatable bonds is 8. The third-order valence-electron chi connectivity index (χ3n) is 15.9. The van der Waals surface area contributed by atoms with Crippen molar-refractivity contribution in [3.05, 3.63) is 252 Å². The number of benzene rings is 9. The molecule has 0 N–H and O–H groups in total. The van der Waals surface area contributed by atoms with Crippen LogP contribution in [0.15, 0.2) is 225 Å². The smallest absolute Gasteiger partial charge is 0.137 e. The monoisotopic (exact) mass is 972 g/mol. The first kappa shape index (κ1) is 46.1. The predicted octanol–water partition coefficient (Wildman–Crippen LogP) is 18.5. The highest BCUT2D eigenvalue weighted by Gasteiger charge is 2.41. The van der Waals surface area contributed by atoms with Crippen LogP contribution in [0.1, 0.15) is 76.3 Å². The number of ether oxygens (including phenoxy) is 1. The Morgan fingerprint density at radius 1 is 0.480 bits per heavy atom. The van der Waals surface area contributed by atoms with Crippen molar-refractivity contribution in [1.29, 1.82) is 0 Å². The highest BCUT2D eigenvalue weighted by molar-refractivity contribution is 6.09. The molecule has 3 heterocycles. The van der Waals surface area contributed by atoms with Crippen molar-refractivity contribution in [3.63, 3.8) is 0 Å². The highest BCUT2D eigenvalue weighted by Crippen LogP contribution is 2.54. The van der Waals surface area contributed by atoms with Gasteiger partial charge in [0, 0.05) is 56.9 Å². The van der Waals surface area contributed by atoms with Crippen LogP contribution in [-0.2, 0) is 16.2 Å². The van der Waals surface area contributed by atoms with Crippen molar-refractivity contribution in [2.24, 2.45) is 0 Å². The second-order valence-corrected chi connectivity index (χ2v) is 22.6. The second-order valence-electron chi connectivity index (χ2n) is 22.6. The molecule has 0 atom stereocenters. The molecule has 11 aromatic rings. The molecule has 1 aliphatic carbocycles. The molecule has 9 aromatic carbocycles.